The quantitative estimate of drug-likeness (QED) is 0.838. The van der Waals surface area contributed by atoms with E-state index in [4.69, 9.17) is 17.0 Å². The average molecular weight is 328 g/mol. The summed E-state index contributed by atoms with van der Waals surface area (Å²) in [5.41, 5.74) is 3.47. The van der Waals surface area contributed by atoms with Crippen molar-refractivity contribution < 1.29 is 9.53 Å². The van der Waals surface area contributed by atoms with Crippen LogP contribution < -0.4 is 15.4 Å². The summed E-state index contributed by atoms with van der Waals surface area (Å²) in [4.78, 5) is 12.2. The molecule has 0 bridgehead atoms. The molecule has 5 heteroatoms. The molecule has 1 amide bonds. The lowest BCUT2D eigenvalue weighted by Crippen LogP contribution is -2.34. The third-order valence-electron chi connectivity index (χ3n) is 3.13. The summed E-state index contributed by atoms with van der Waals surface area (Å²) in [6.07, 6.45) is 0. The van der Waals surface area contributed by atoms with Crippen LogP contribution in [0.15, 0.2) is 42.5 Å². The Bertz CT molecular complexity index is 691. The second-order valence-corrected chi connectivity index (χ2v) is 5.65. The van der Waals surface area contributed by atoms with Crippen molar-refractivity contribution in [3.05, 3.63) is 59.2 Å². The Morgan fingerprint density at radius 3 is 2.26 bits per heavy atom. The molecule has 0 fully saturated rings. The predicted octanol–water partition coefficient (Wildman–Crippen LogP) is 3.83. The second-order valence-electron chi connectivity index (χ2n) is 5.24. The van der Waals surface area contributed by atoms with Crippen molar-refractivity contribution in [3.63, 3.8) is 0 Å². The van der Waals surface area contributed by atoms with Gasteiger partial charge in [0, 0.05) is 11.3 Å². The first-order valence-electron chi connectivity index (χ1n) is 7.41. The lowest BCUT2D eigenvalue weighted by Gasteiger charge is -2.11. The predicted molar refractivity (Wildman–Crippen MR) is 97.2 cm³/mol. The van der Waals surface area contributed by atoms with Crippen molar-refractivity contribution in [2.45, 2.75) is 20.8 Å². The van der Waals surface area contributed by atoms with Crippen molar-refractivity contribution >= 4 is 28.9 Å². The molecule has 2 N–H and O–H groups in total. The lowest BCUT2D eigenvalue weighted by atomic mass is 10.1. The Morgan fingerprint density at radius 2 is 1.70 bits per heavy atom. The van der Waals surface area contributed by atoms with Crippen molar-refractivity contribution in [1.29, 1.82) is 0 Å². The van der Waals surface area contributed by atoms with Crippen LogP contribution in [0.3, 0.4) is 0 Å². The van der Waals surface area contributed by atoms with Gasteiger partial charge in [-0.25, -0.2) is 0 Å². The number of anilines is 1. The monoisotopic (exact) mass is 328 g/mol. The summed E-state index contributed by atoms with van der Waals surface area (Å²) in [5.74, 6) is 0.573. The van der Waals surface area contributed by atoms with Crippen LogP contribution in [0.2, 0.25) is 0 Å². The van der Waals surface area contributed by atoms with E-state index in [-0.39, 0.29) is 11.0 Å². The van der Waals surface area contributed by atoms with Gasteiger partial charge in [0.2, 0.25) is 0 Å². The number of amides is 1. The Balaban J connectivity index is 1.97. The SMILES string of the molecule is CCOc1ccc(NC(=S)NC(=O)c2cc(C)cc(C)c2)cc1. The third kappa shape index (κ3) is 5.07. The molecular weight excluding hydrogens is 308 g/mol. The highest BCUT2D eigenvalue weighted by Gasteiger charge is 2.09. The molecule has 0 radical (unpaired) electrons. The van der Waals surface area contributed by atoms with E-state index in [2.05, 4.69) is 10.6 Å². The summed E-state index contributed by atoms with van der Waals surface area (Å²) in [7, 11) is 0. The zero-order chi connectivity index (χ0) is 16.8. The fourth-order valence-corrected chi connectivity index (χ4v) is 2.46. The molecule has 0 aliphatic heterocycles. The molecule has 23 heavy (non-hydrogen) atoms. The van der Waals surface area contributed by atoms with E-state index >= 15 is 0 Å². The number of hydrogen-bond acceptors (Lipinski definition) is 3. The number of benzene rings is 2. The summed E-state index contributed by atoms with van der Waals surface area (Å²) >= 11 is 5.19. The van der Waals surface area contributed by atoms with Gasteiger partial charge in [-0.1, -0.05) is 17.2 Å². The van der Waals surface area contributed by atoms with E-state index in [1.165, 1.54) is 0 Å². The Morgan fingerprint density at radius 1 is 1.09 bits per heavy atom. The Labute approximate surface area is 141 Å². The van der Waals surface area contributed by atoms with Crippen LogP contribution >= 0.6 is 12.2 Å². The molecular formula is C18H20N2O2S. The maximum Gasteiger partial charge on any atom is 0.257 e. The van der Waals surface area contributed by atoms with Gasteiger partial charge in [0.25, 0.3) is 5.91 Å². The maximum absolute atomic E-state index is 12.2. The average Bonchev–Trinajstić information content (AvgIpc) is 2.48. The zero-order valence-electron chi connectivity index (χ0n) is 13.5. The highest BCUT2D eigenvalue weighted by molar-refractivity contribution is 7.80. The first-order chi connectivity index (χ1) is 11.0. The van der Waals surface area contributed by atoms with Crippen LogP contribution in [0.5, 0.6) is 5.75 Å². The van der Waals surface area contributed by atoms with Crippen LogP contribution in [0, 0.1) is 13.8 Å². The van der Waals surface area contributed by atoms with Gasteiger partial charge < -0.3 is 10.1 Å². The van der Waals surface area contributed by atoms with E-state index < -0.39 is 0 Å². The smallest absolute Gasteiger partial charge is 0.257 e. The third-order valence-corrected chi connectivity index (χ3v) is 3.34. The molecule has 0 aromatic heterocycles. The van der Waals surface area contributed by atoms with Crippen LogP contribution in [-0.4, -0.2) is 17.6 Å². The molecule has 0 spiro atoms. The number of carbonyl (C=O) groups excluding carboxylic acids is 1. The highest BCUT2D eigenvalue weighted by Crippen LogP contribution is 2.15. The normalized spacial score (nSPS) is 10.0. The summed E-state index contributed by atoms with van der Waals surface area (Å²) in [6.45, 7) is 6.47. The number of aryl methyl sites for hydroxylation is 2. The first-order valence-corrected chi connectivity index (χ1v) is 7.82. The first kappa shape index (κ1) is 17.0. The van der Waals surface area contributed by atoms with Crippen LogP contribution in [0.4, 0.5) is 5.69 Å². The number of hydrogen-bond donors (Lipinski definition) is 2. The van der Waals surface area contributed by atoms with Gasteiger partial charge in [0.15, 0.2) is 5.11 Å². The topological polar surface area (TPSA) is 50.4 Å². The molecule has 0 atom stereocenters. The minimum atomic E-state index is -0.222. The lowest BCUT2D eigenvalue weighted by molar-refractivity contribution is 0.0977. The van der Waals surface area contributed by atoms with Gasteiger partial charge >= 0.3 is 0 Å². The molecule has 2 rings (SSSR count). The minimum Gasteiger partial charge on any atom is -0.494 e. The molecule has 0 saturated heterocycles. The molecule has 0 heterocycles. The fraction of sp³-hybridized carbons (Fsp3) is 0.222. The van der Waals surface area contributed by atoms with Gasteiger partial charge in [0.05, 0.1) is 6.61 Å². The van der Waals surface area contributed by atoms with Crippen molar-refractivity contribution in [3.8, 4) is 5.75 Å². The molecule has 120 valence electrons. The van der Waals surface area contributed by atoms with E-state index in [1.54, 1.807) is 0 Å². The van der Waals surface area contributed by atoms with Gasteiger partial charge in [-0.15, -0.1) is 0 Å². The molecule has 2 aromatic rings. The standard InChI is InChI=1S/C18H20N2O2S/c1-4-22-16-7-5-15(6-8-16)19-18(23)20-17(21)14-10-12(2)9-13(3)11-14/h5-11H,4H2,1-3H3,(H2,19,20,21,23). The summed E-state index contributed by atoms with van der Waals surface area (Å²) in [6, 6.07) is 13.1. The van der Waals surface area contributed by atoms with Crippen LogP contribution in [-0.2, 0) is 0 Å². The van der Waals surface area contributed by atoms with Crippen molar-refractivity contribution in [2.24, 2.45) is 0 Å². The highest BCUT2D eigenvalue weighted by atomic mass is 32.1. The Hall–Kier alpha value is -2.40. The molecule has 2 aromatic carbocycles. The van der Waals surface area contributed by atoms with E-state index in [0.29, 0.717) is 12.2 Å². The van der Waals surface area contributed by atoms with Crippen molar-refractivity contribution in [2.75, 3.05) is 11.9 Å². The number of carbonyl (C=O) groups is 1. The summed E-state index contributed by atoms with van der Waals surface area (Å²) in [5, 5.41) is 5.94. The van der Waals surface area contributed by atoms with Crippen LogP contribution in [0.25, 0.3) is 0 Å². The molecule has 0 aliphatic carbocycles. The fourth-order valence-electron chi connectivity index (χ4n) is 2.24. The number of rotatable bonds is 4. The second kappa shape index (κ2) is 7.74. The number of thiocarbonyl (C=S) groups is 1. The molecule has 0 unspecified atom stereocenters. The van der Waals surface area contributed by atoms with Crippen LogP contribution in [0.1, 0.15) is 28.4 Å². The number of nitrogens with one attached hydrogen (secondary N) is 2. The Kier molecular flexibility index (Phi) is 5.71. The van der Waals surface area contributed by atoms with Gasteiger partial charge in [0.1, 0.15) is 5.75 Å². The maximum atomic E-state index is 12.2. The van der Waals surface area contributed by atoms with E-state index in [9.17, 15) is 4.79 Å². The minimum absolute atomic E-state index is 0.222. The summed E-state index contributed by atoms with van der Waals surface area (Å²) < 4.78 is 5.38. The van der Waals surface area contributed by atoms with Gasteiger partial charge in [-0.2, -0.15) is 0 Å². The molecule has 0 saturated carbocycles. The molecule has 4 nitrogen and oxygen atoms in total. The van der Waals surface area contributed by atoms with Crippen molar-refractivity contribution in [1.82, 2.24) is 5.32 Å². The number of ether oxygens (including phenoxy) is 1. The van der Waals surface area contributed by atoms with E-state index in [1.807, 2.05) is 63.2 Å². The van der Waals surface area contributed by atoms with Gasteiger partial charge in [-0.05, 0) is 69.4 Å². The molecule has 0 aliphatic rings. The largest absolute Gasteiger partial charge is 0.494 e. The van der Waals surface area contributed by atoms with E-state index in [0.717, 1.165) is 22.6 Å². The van der Waals surface area contributed by atoms with Gasteiger partial charge in [-0.3, -0.25) is 10.1 Å². The zero-order valence-corrected chi connectivity index (χ0v) is 14.3.